The van der Waals surface area contributed by atoms with Gasteiger partial charge in [0.05, 0.1) is 17.9 Å². The van der Waals surface area contributed by atoms with Crippen molar-refractivity contribution >= 4 is 28.8 Å². The maximum Gasteiger partial charge on any atom is 0.282 e. The minimum Gasteiger partial charge on any atom is -0.494 e. The molecule has 1 heterocycles. The van der Waals surface area contributed by atoms with Gasteiger partial charge in [-0.15, -0.1) is 0 Å². The monoisotopic (exact) mass is 440 g/mol. The molecule has 0 atom stereocenters. The van der Waals surface area contributed by atoms with E-state index in [1.807, 2.05) is 94.4 Å². The third kappa shape index (κ3) is 4.53. The van der Waals surface area contributed by atoms with Crippen molar-refractivity contribution in [2.75, 3.05) is 16.8 Å². The lowest BCUT2D eigenvalue weighted by Gasteiger charge is -2.17. The molecule has 3 aromatic rings. The van der Waals surface area contributed by atoms with Crippen molar-refractivity contribution in [3.63, 3.8) is 0 Å². The van der Waals surface area contributed by atoms with Gasteiger partial charge in [-0.05, 0) is 79.8 Å². The topological polar surface area (TPSA) is 58.6 Å². The van der Waals surface area contributed by atoms with Crippen LogP contribution in [0, 0.1) is 20.8 Å². The molecule has 4 rings (SSSR count). The summed E-state index contributed by atoms with van der Waals surface area (Å²) < 4.78 is 5.68. The molecule has 1 N–H and O–H groups in total. The molecule has 1 aliphatic heterocycles. The number of imide groups is 1. The van der Waals surface area contributed by atoms with Gasteiger partial charge in [-0.1, -0.05) is 43.3 Å². The number of anilines is 2. The van der Waals surface area contributed by atoms with E-state index in [9.17, 15) is 9.59 Å². The van der Waals surface area contributed by atoms with Crippen LogP contribution in [0.4, 0.5) is 11.4 Å². The Kier molecular flexibility index (Phi) is 6.31. The highest BCUT2D eigenvalue weighted by atomic mass is 16.5. The molecule has 0 spiro atoms. The smallest absolute Gasteiger partial charge is 0.282 e. The predicted octanol–water partition coefficient (Wildman–Crippen LogP) is 5.80. The lowest BCUT2D eigenvalue weighted by molar-refractivity contribution is -0.120. The normalized spacial score (nSPS) is 13.6. The summed E-state index contributed by atoms with van der Waals surface area (Å²) in [5.41, 5.74) is 5.62. The van der Waals surface area contributed by atoms with Crippen molar-refractivity contribution in [1.29, 1.82) is 0 Å². The Bertz CT molecular complexity index is 1220. The van der Waals surface area contributed by atoms with Crippen LogP contribution in [0.2, 0.25) is 0 Å². The van der Waals surface area contributed by atoms with Crippen LogP contribution in [0.3, 0.4) is 0 Å². The number of rotatable bonds is 7. The number of aryl methyl sites for hydroxylation is 3. The average molecular weight is 441 g/mol. The van der Waals surface area contributed by atoms with Crippen molar-refractivity contribution in [3.8, 4) is 5.75 Å². The van der Waals surface area contributed by atoms with Crippen LogP contribution in [0.25, 0.3) is 5.57 Å². The molecular formula is C28H28N2O3. The van der Waals surface area contributed by atoms with Crippen molar-refractivity contribution in [1.82, 2.24) is 0 Å². The molecule has 5 heteroatoms. The van der Waals surface area contributed by atoms with Crippen LogP contribution in [-0.4, -0.2) is 18.4 Å². The van der Waals surface area contributed by atoms with E-state index in [2.05, 4.69) is 5.32 Å². The Morgan fingerprint density at radius 1 is 0.848 bits per heavy atom. The maximum atomic E-state index is 13.7. The summed E-state index contributed by atoms with van der Waals surface area (Å²) in [7, 11) is 0. The van der Waals surface area contributed by atoms with E-state index >= 15 is 0 Å². The lowest BCUT2D eigenvalue weighted by Crippen LogP contribution is -2.32. The van der Waals surface area contributed by atoms with Gasteiger partial charge in [0.2, 0.25) is 0 Å². The number of amides is 2. The largest absolute Gasteiger partial charge is 0.494 e. The van der Waals surface area contributed by atoms with Gasteiger partial charge in [0.1, 0.15) is 11.4 Å². The summed E-state index contributed by atoms with van der Waals surface area (Å²) in [6.45, 7) is 8.55. The summed E-state index contributed by atoms with van der Waals surface area (Å²) in [6, 6.07) is 20.8. The van der Waals surface area contributed by atoms with Gasteiger partial charge in [0.15, 0.2) is 0 Å². The Labute approximate surface area is 194 Å². The van der Waals surface area contributed by atoms with Gasteiger partial charge in [-0.3, -0.25) is 9.59 Å². The Morgan fingerprint density at radius 3 is 2.15 bits per heavy atom. The fourth-order valence-corrected chi connectivity index (χ4v) is 4.01. The summed E-state index contributed by atoms with van der Waals surface area (Å²) in [6.07, 6.45) is 0.912. The summed E-state index contributed by atoms with van der Waals surface area (Å²) in [5.74, 6) is 0.0235. The second kappa shape index (κ2) is 9.33. The molecular weight excluding hydrogens is 412 g/mol. The van der Waals surface area contributed by atoms with Gasteiger partial charge >= 0.3 is 0 Å². The van der Waals surface area contributed by atoms with Crippen LogP contribution in [-0.2, 0) is 9.59 Å². The molecule has 0 unspecified atom stereocenters. The fraction of sp³-hybridized carbons (Fsp3) is 0.214. The molecule has 0 bridgehead atoms. The summed E-state index contributed by atoms with van der Waals surface area (Å²) >= 11 is 0. The molecule has 33 heavy (non-hydrogen) atoms. The van der Waals surface area contributed by atoms with Gasteiger partial charge in [0.25, 0.3) is 11.8 Å². The van der Waals surface area contributed by atoms with Crippen molar-refractivity contribution in [2.24, 2.45) is 0 Å². The highest BCUT2D eigenvalue weighted by Crippen LogP contribution is 2.35. The second-order valence-corrected chi connectivity index (χ2v) is 8.35. The van der Waals surface area contributed by atoms with Crippen molar-refractivity contribution < 1.29 is 14.3 Å². The number of para-hydroxylation sites is 1. The molecule has 5 nitrogen and oxygen atoms in total. The Balaban J connectivity index is 1.79. The first kappa shape index (κ1) is 22.3. The van der Waals surface area contributed by atoms with Gasteiger partial charge in [-0.25, -0.2) is 4.90 Å². The molecule has 1 aliphatic rings. The third-order valence-corrected chi connectivity index (χ3v) is 5.57. The van der Waals surface area contributed by atoms with Crippen molar-refractivity contribution in [2.45, 2.75) is 34.1 Å². The van der Waals surface area contributed by atoms with E-state index < -0.39 is 0 Å². The molecule has 0 radical (unpaired) electrons. The molecule has 0 aromatic heterocycles. The minimum atomic E-state index is -0.366. The van der Waals surface area contributed by atoms with Gasteiger partial charge in [0, 0.05) is 5.69 Å². The molecule has 0 saturated carbocycles. The third-order valence-electron chi connectivity index (χ3n) is 5.57. The van der Waals surface area contributed by atoms with E-state index in [4.69, 9.17) is 4.74 Å². The minimum absolute atomic E-state index is 0.274. The molecule has 3 aromatic carbocycles. The first-order valence-electron chi connectivity index (χ1n) is 11.2. The second-order valence-electron chi connectivity index (χ2n) is 8.35. The van der Waals surface area contributed by atoms with Gasteiger partial charge in [-0.2, -0.15) is 0 Å². The van der Waals surface area contributed by atoms with E-state index in [-0.39, 0.29) is 17.5 Å². The zero-order valence-electron chi connectivity index (χ0n) is 19.4. The zero-order valence-corrected chi connectivity index (χ0v) is 19.4. The number of hydrogen-bond donors (Lipinski definition) is 1. The van der Waals surface area contributed by atoms with Gasteiger partial charge < -0.3 is 10.1 Å². The van der Waals surface area contributed by atoms with E-state index in [1.54, 1.807) is 0 Å². The number of hydrogen-bond acceptors (Lipinski definition) is 4. The fourth-order valence-electron chi connectivity index (χ4n) is 4.01. The van der Waals surface area contributed by atoms with Crippen LogP contribution in [0.1, 0.15) is 35.6 Å². The quantitative estimate of drug-likeness (QED) is 0.472. The van der Waals surface area contributed by atoms with Crippen LogP contribution in [0.15, 0.2) is 72.4 Å². The molecule has 168 valence electrons. The molecule has 0 aliphatic carbocycles. The summed E-state index contributed by atoms with van der Waals surface area (Å²) in [4.78, 5) is 28.5. The highest BCUT2D eigenvalue weighted by molar-refractivity contribution is 6.46. The van der Waals surface area contributed by atoms with E-state index in [0.717, 1.165) is 34.5 Å². The first-order valence-corrected chi connectivity index (χ1v) is 11.2. The highest BCUT2D eigenvalue weighted by Gasteiger charge is 2.40. The SMILES string of the molecule is CCCOc1ccc(C2=C(Nc3ccccc3C)C(=O)N(c3cc(C)cc(C)c3)C2=O)cc1. The van der Waals surface area contributed by atoms with E-state index in [0.29, 0.717) is 23.4 Å². The molecule has 0 saturated heterocycles. The summed E-state index contributed by atoms with van der Waals surface area (Å²) in [5, 5.41) is 3.25. The maximum absolute atomic E-state index is 13.7. The number of carbonyl (C=O) groups is 2. The van der Waals surface area contributed by atoms with Crippen molar-refractivity contribution in [3.05, 3.63) is 94.7 Å². The first-order chi connectivity index (χ1) is 15.9. The number of ether oxygens (including phenoxy) is 1. The predicted molar refractivity (Wildman–Crippen MR) is 132 cm³/mol. The van der Waals surface area contributed by atoms with E-state index in [1.165, 1.54) is 4.90 Å². The number of carbonyl (C=O) groups excluding carboxylic acids is 2. The number of benzene rings is 3. The standard InChI is InChI=1S/C28H28N2O3/c1-5-14-33-23-12-10-21(11-13-23)25-26(29-24-9-7-6-8-20(24)4)28(32)30(27(25)31)22-16-18(2)15-19(3)17-22/h6-13,15-17,29H,5,14H2,1-4H3. The van der Waals surface area contributed by atoms with Crippen LogP contribution in [0.5, 0.6) is 5.75 Å². The zero-order chi connectivity index (χ0) is 23.5. The lowest BCUT2D eigenvalue weighted by atomic mass is 10.0. The molecule has 0 fully saturated rings. The molecule has 2 amide bonds. The number of nitrogens with one attached hydrogen (secondary N) is 1. The average Bonchev–Trinajstić information content (AvgIpc) is 3.03. The van der Waals surface area contributed by atoms with Crippen LogP contribution >= 0.6 is 0 Å². The Morgan fingerprint density at radius 2 is 1.52 bits per heavy atom. The number of nitrogens with zero attached hydrogens (tertiary/aromatic N) is 1. The Hall–Kier alpha value is -3.86. The van der Waals surface area contributed by atoms with Crippen LogP contribution < -0.4 is 15.0 Å².